The van der Waals surface area contributed by atoms with Crippen molar-refractivity contribution in [1.29, 1.82) is 0 Å². The Morgan fingerprint density at radius 1 is 1.17 bits per heavy atom. The van der Waals surface area contributed by atoms with Gasteiger partial charge in [0.05, 0.1) is 17.0 Å². The molecule has 2 aromatic carbocycles. The van der Waals surface area contributed by atoms with Crippen LogP contribution in [-0.2, 0) is 4.74 Å². The van der Waals surface area contributed by atoms with Gasteiger partial charge in [-0.1, -0.05) is 55.5 Å². The first-order chi connectivity index (χ1) is 16.9. The third-order valence-corrected chi connectivity index (χ3v) is 7.56. The van der Waals surface area contributed by atoms with E-state index in [4.69, 9.17) is 14.1 Å². The number of methoxy groups -OCH3 is 1. The fourth-order valence-corrected chi connectivity index (χ4v) is 6.32. The number of benzene rings is 2. The van der Waals surface area contributed by atoms with Gasteiger partial charge >= 0.3 is 5.97 Å². The number of fused-ring (bicyclic) bond motifs is 1. The van der Waals surface area contributed by atoms with Crippen LogP contribution < -0.4 is 0 Å². The number of hydrogen-bond donors (Lipinski definition) is 0. The van der Waals surface area contributed by atoms with Gasteiger partial charge in [0, 0.05) is 16.2 Å². The van der Waals surface area contributed by atoms with E-state index >= 15 is 0 Å². The molecule has 0 atom stereocenters. The summed E-state index contributed by atoms with van der Waals surface area (Å²) < 4.78 is 27.6. The second kappa shape index (κ2) is 9.31. The predicted molar refractivity (Wildman–Crippen MR) is 137 cm³/mol. The number of esters is 1. The van der Waals surface area contributed by atoms with E-state index in [-0.39, 0.29) is 5.69 Å². The largest absolute Gasteiger partial charge is 0.464 e. The molecule has 0 amide bonds. The van der Waals surface area contributed by atoms with Crippen LogP contribution in [0.1, 0.15) is 30.0 Å². The van der Waals surface area contributed by atoms with Gasteiger partial charge in [0.15, 0.2) is 11.5 Å². The Hall–Kier alpha value is -3.43. The van der Waals surface area contributed by atoms with Gasteiger partial charge in [0.25, 0.3) is 0 Å². The molecule has 0 spiro atoms. The zero-order valence-electron chi connectivity index (χ0n) is 19.5. The summed E-state index contributed by atoms with van der Waals surface area (Å²) in [6, 6.07) is 15.8. The number of rotatable bonds is 6. The maximum Gasteiger partial charge on any atom is 0.357 e. The lowest BCUT2D eigenvalue weighted by Gasteiger charge is -2.06. The Morgan fingerprint density at radius 2 is 1.97 bits per heavy atom. The molecule has 0 bridgehead atoms. The van der Waals surface area contributed by atoms with E-state index < -0.39 is 11.8 Å². The van der Waals surface area contributed by atoms with E-state index in [0.717, 1.165) is 15.2 Å². The molecule has 0 radical (unpaired) electrons. The number of halogens is 1. The predicted octanol–water partition coefficient (Wildman–Crippen LogP) is 7.14. The molecule has 5 rings (SSSR count). The van der Waals surface area contributed by atoms with Crippen molar-refractivity contribution in [3.8, 4) is 27.7 Å². The van der Waals surface area contributed by atoms with Crippen molar-refractivity contribution in [2.75, 3.05) is 7.11 Å². The van der Waals surface area contributed by atoms with Gasteiger partial charge in [-0.15, -0.1) is 11.8 Å². The Labute approximate surface area is 209 Å². The number of carbonyl (C=O) groups is 1. The quantitative estimate of drug-likeness (QED) is 0.180. The minimum absolute atomic E-state index is 0.196. The van der Waals surface area contributed by atoms with Crippen LogP contribution >= 0.6 is 23.1 Å². The van der Waals surface area contributed by atoms with E-state index in [1.54, 1.807) is 30.8 Å². The smallest absolute Gasteiger partial charge is 0.357 e. The Morgan fingerprint density at radius 3 is 2.69 bits per heavy atom. The summed E-state index contributed by atoms with van der Waals surface area (Å²) in [7, 11) is 1.31. The number of nitrogens with zero attached hydrogens (tertiary/aromatic N) is 3. The SMILES string of the molecule is COC(=O)c1c(-c2cccc(F)c2)c(C)nn1-c1nc(-c2cc3ccccc3o2)c(SC(C)C)s1. The van der Waals surface area contributed by atoms with E-state index in [1.165, 1.54) is 35.3 Å². The van der Waals surface area contributed by atoms with Gasteiger partial charge in [-0.05, 0) is 36.8 Å². The lowest BCUT2D eigenvalue weighted by atomic mass is 10.0. The van der Waals surface area contributed by atoms with Crippen LogP contribution in [0.25, 0.3) is 38.7 Å². The summed E-state index contributed by atoms with van der Waals surface area (Å²) in [5, 5.41) is 6.40. The van der Waals surface area contributed by atoms with E-state index in [2.05, 4.69) is 18.9 Å². The average molecular weight is 508 g/mol. The average Bonchev–Trinajstić information content (AvgIpc) is 3.52. The zero-order chi connectivity index (χ0) is 24.7. The molecule has 0 saturated heterocycles. The number of carbonyl (C=O) groups excluding carboxylic acids is 1. The number of furan rings is 1. The van der Waals surface area contributed by atoms with Crippen molar-refractivity contribution in [2.24, 2.45) is 0 Å². The summed E-state index contributed by atoms with van der Waals surface area (Å²) >= 11 is 3.08. The van der Waals surface area contributed by atoms with Crippen LogP contribution in [0, 0.1) is 12.7 Å². The number of ether oxygens (including phenoxy) is 1. The monoisotopic (exact) mass is 507 g/mol. The fraction of sp³-hybridized carbons (Fsp3) is 0.192. The van der Waals surface area contributed by atoms with E-state index in [9.17, 15) is 9.18 Å². The van der Waals surface area contributed by atoms with Crippen LogP contribution in [0.5, 0.6) is 0 Å². The lowest BCUT2D eigenvalue weighted by Crippen LogP contribution is -2.11. The number of aromatic nitrogens is 3. The summed E-state index contributed by atoms with van der Waals surface area (Å²) in [5.41, 5.74) is 3.28. The van der Waals surface area contributed by atoms with Crippen molar-refractivity contribution in [2.45, 2.75) is 30.2 Å². The minimum atomic E-state index is -0.580. The molecule has 3 aromatic heterocycles. The number of thiazole rings is 1. The van der Waals surface area contributed by atoms with E-state index in [1.807, 2.05) is 30.3 Å². The van der Waals surface area contributed by atoms with Gasteiger partial charge in [0.1, 0.15) is 17.1 Å². The highest BCUT2D eigenvalue weighted by atomic mass is 32.2. The van der Waals surface area contributed by atoms with Gasteiger partial charge in [-0.25, -0.2) is 14.2 Å². The van der Waals surface area contributed by atoms with Crippen LogP contribution in [0.15, 0.2) is 63.2 Å². The molecule has 35 heavy (non-hydrogen) atoms. The molecule has 3 heterocycles. The van der Waals surface area contributed by atoms with Crippen molar-refractivity contribution >= 4 is 40.0 Å². The van der Waals surface area contributed by atoms with Gasteiger partial charge in [-0.3, -0.25) is 0 Å². The molecule has 5 aromatic rings. The first kappa shape index (κ1) is 23.3. The highest BCUT2D eigenvalue weighted by Gasteiger charge is 2.28. The second-order valence-corrected chi connectivity index (χ2v) is 11.0. The van der Waals surface area contributed by atoms with Crippen LogP contribution in [-0.4, -0.2) is 33.1 Å². The lowest BCUT2D eigenvalue weighted by molar-refractivity contribution is 0.0591. The first-order valence-electron chi connectivity index (χ1n) is 11.0. The topological polar surface area (TPSA) is 70.2 Å². The highest BCUT2D eigenvalue weighted by molar-refractivity contribution is 8.01. The summed E-state index contributed by atoms with van der Waals surface area (Å²) in [6.45, 7) is 5.99. The zero-order valence-corrected chi connectivity index (χ0v) is 21.2. The van der Waals surface area contributed by atoms with Crippen molar-refractivity contribution in [1.82, 2.24) is 14.8 Å². The Kier molecular flexibility index (Phi) is 6.21. The molecule has 0 fully saturated rings. The molecular formula is C26H22FN3O3S2. The van der Waals surface area contributed by atoms with Crippen LogP contribution in [0.4, 0.5) is 4.39 Å². The molecule has 0 aliphatic rings. The normalized spacial score (nSPS) is 11.5. The highest BCUT2D eigenvalue weighted by Crippen LogP contribution is 2.42. The molecule has 0 saturated carbocycles. The van der Waals surface area contributed by atoms with E-state index in [0.29, 0.717) is 38.7 Å². The summed E-state index contributed by atoms with van der Waals surface area (Å²) in [6.07, 6.45) is 0. The Bertz CT molecular complexity index is 1520. The molecule has 0 aliphatic carbocycles. The number of thioether (sulfide) groups is 1. The molecule has 0 unspecified atom stereocenters. The Balaban J connectivity index is 1.71. The maximum absolute atomic E-state index is 14.0. The van der Waals surface area contributed by atoms with Crippen LogP contribution in [0.2, 0.25) is 0 Å². The second-order valence-electron chi connectivity index (χ2n) is 8.17. The maximum atomic E-state index is 14.0. The molecule has 0 aliphatic heterocycles. The minimum Gasteiger partial charge on any atom is -0.464 e. The standard InChI is InChI=1S/C26H22FN3O3S2/c1-14(2)34-25-22(20-13-16-8-5-6-11-19(16)33-20)28-26(35-25)30-23(24(31)32-4)21(15(3)29-30)17-9-7-10-18(27)12-17/h5-14H,1-4H3. The van der Waals surface area contributed by atoms with Crippen molar-refractivity contribution < 1.29 is 18.3 Å². The van der Waals surface area contributed by atoms with Crippen molar-refractivity contribution in [3.05, 3.63) is 71.8 Å². The summed E-state index contributed by atoms with van der Waals surface area (Å²) in [4.78, 5) is 17.8. The molecule has 9 heteroatoms. The van der Waals surface area contributed by atoms with Crippen molar-refractivity contribution in [3.63, 3.8) is 0 Å². The fourth-order valence-electron chi connectivity index (χ4n) is 3.87. The van der Waals surface area contributed by atoms with Gasteiger partial charge in [-0.2, -0.15) is 9.78 Å². The third-order valence-electron chi connectivity index (χ3n) is 5.32. The van der Waals surface area contributed by atoms with Gasteiger partial charge in [0.2, 0.25) is 5.13 Å². The molecular weight excluding hydrogens is 485 g/mol. The summed E-state index contributed by atoms with van der Waals surface area (Å²) in [5.74, 6) is -0.336. The molecule has 6 nitrogen and oxygen atoms in total. The van der Waals surface area contributed by atoms with Crippen LogP contribution in [0.3, 0.4) is 0 Å². The number of para-hydroxylation sites is 1. The number of aryl methyl sites for hydroxylation is 1. The van der Waals surface area contributed by atoms with Gasteiger partial charge < -0.3 is 9.15 Å². The first-order valence-corrected chi connectivity index (χ1v) is 12.7. The number of hydrogen-bond acceptors (Lipinski definition) is 7. The molecule has 0 N–H and O–H groups in total. The third kappa shape index (κ3) is 4.37. The molecule has 178 valence electrons.